The molecule has 1 N–H and O–H groups in total. The predicted molar refractivity (Wildman–Crippen MR) is 93.4 cm³/mol. The number of amides is 1. The number of likely N-dealkylation sites (N-methyl/N-ethyl adjacent to an activating group) is 1. The first kappa shape index (κ1) is 16.3. The molecule has 0 aromatic heterocycles. The number of nitrogens with zero attached hydrogens (tertiary/aromatic N) is 3. The van der Waals surface area contributed by atoms with Crippen molar-refractivity contribution in [2.75, 3.05) is 51.8 Å². The molecule has 2 heterocycles. The fourth-order valence-corrected chi connectivity index (χ4v) is 3.49. The van der Waals surface area contributed by atoms with Gasteiger partial charge in [-0.3, -0.25) is 14.8 Å². The molecular formula is C18H28N4O. The molecule has 1 aromatic carbocycles. The first-order chi connectivity index (χ1) is 11.2. The van der Waals surface area contributed by atoms with E-state index in [1.165, 1.54) is 11.3 Å². The zero-order valence-electron chi connectivity index (χ0n) is 14.3. The van der Waals surface area contributed by atoms with Gasteiger partial charge in [0.2, 0.25) is 5.91 Å². The topological polar surface area (TPSA) is 38.8 Å². The van der Waals surface area contributed by atoms with Gasteiger partial charge in [-0.1, -0.05) is 18.2 Å². The molecule has 1 unspecified atom stereocenters. The maximum atomic E-state index is 13.1. The van der Waals surface area contributed by atoms with Crippen molar-refractivity contribution in [1.82, 2.24) is 15.2 Å². The first-order valence-corrected chi connectivity index (χ1v) is 8.69. The zero-order valence-corrected chi connectivity index (χ0v) is 14.3. The second-order valence-corrected chi connectivity index (χ2v) is 6.81. The lowest BCUT2D eigenvalue weighted by atomic mass is 9.98. The predicted octanol–water partition coefficient (Wildman–Crippen LogP) is 1.35. The Labute approximate surface area is 139 Å². The van der Waals surface area contributed by atoms with Gasteiger partial charge >= 0.3 is 0 Å². The lowest BCUT2D eigenvalue weighted by molar-refractivity contribution is -0.136. The van der Waals surface area contributed by atoms with E-state index in [0.717, 1.165) is 52.0 Å². The van der Waals surface area contributed by atoms with Gasteiger partial charge in [0.1, 0.15) is 0 Å². The molecule has 3 rings (SSSR count). The van der Waals surface area contributed by atoms with E-state index >= 15 is 0 Å². The van der Waals surface area contributed by atoms with Crippen LogP contribution in [0.25, 0.3) is 0 Å². The minimum absolute atomic E-state index is 0.110. The second-order valence-electron chi connectivity index (χ2n) is 6.81. The second kappa shape index (κ2) is 7.32. The van der Waals surface area contributed by atoms with E-state index in [9.17, 15) is 4.79 Å². The van der Waals surface area contributed by atoms with Crippen LogP contribution in [0.15, 0.2) is 24.3 Å². The monoisotopic (exact) mass is 316 g/mol. The molecule has 5 heteroatoms. The lowest BCUT2D eigenvalue weighted by Crippen LogP contribution is -2.53. The molecule has 0 saturated carbocycles. The van der Waals surface area contributed by atoms with Crippen molar-refractivity contribution in [1.29, 1.82) is 0 Å². The number of rotatable bonds is 5. The summed E-state index contributed by atoms with van der Waals surface area (Å²) in [5.74, 6) is 0.384. The number of fused-ring (bicyclic) bond motifs is 1. The minimum Gasteiger partial charge on any atom is -0.316 e. The number of benzene rings is 1. The average Bonchev–Trinajstić information content (AvgIpc) is 2.99. The average molecular weight is 316 g/mol. The largest absolute Gasteiger partial charge is 0.316 e. The van der Waals surface area contributed by atoms with Crippen LogP contribution >= 0.6 is 0 Å². The number of nitrogens with one attached hydrogen (secondary N) is 1. The van der Waals surface area contributed by atoms with Crippen LogP contribution in [0.3, 0.4) is 0 Å². The number of carbonyl (C=O) groups excluding carboxylic acids is 1. The summed E-state index contributed by atoms with van der Waals surface area (Å²) < 4.78 is 0. The normalized spacial score (nSPS) is 20.7. The van der Waals surface area contributed by atoms with E-state index in [-0.39, 0.29) is 11.8 Å². The van der Waals surface area contributed by atoms with E-state index in [1.54, 1.807) is 0 Å². The van der Waals surface area contributed by atoms with Gasteiger partial charge < -0.3 is 10.2 Å². The molecule has 1 atom stereocenters. The molecule has 23 heavy (non-hydrogen) atoms. The standard InChI is InChI=1S/C18H28N4O/c1-20(2)12-13-22(18(23)16-7-5-10-19-14-16)21-11-9-15-6-3-4-8-17(15)21/h3-4,6,8,16,19H,5,7,9-14H2,1-2H3. The Balaban J connectivity index is 1.79. The van der Waals surface area contributed by atoms with Gasteiger partial charge in [0.15, 0.2) is 0 Å². The number of hydrazine groups is 1. The minimum atomic E-state index is 0.110. The van der Waals surface area contributed by atoms with Gasteiger partial charge in [0.05, 0.1) is 18.2 Å². The molecule has 0 spiro atoms. The van der Waals surface area contributed by atoms with Gasteiger partial charge in [-0.05, 0) is 51.5 Å². The number of anilines is 1. The molecule has 1 aromatic rings. The highest BCUT2D eigenvalue weighted by molar-refractivity contribution is 5.81. The maximum absolute atomic E-state index is 13.1. The molecule has 126 valence electrons. The lowest BCUT2D eigenvalue weighted by Gasteiger charge is -2.37. The smallest absolute Gasteiger partial charge is 0.245 e. The van der Waals surface area contributed by atoms with Crippen LogP contribution in [0, 0.1) is 5.92 Å². The highest BCUT2D eigenvalue weighted by Crippen LogP contribution is 2.30. The van der Waals surface area contributed by atoms with Gasteiger partial charge in [0.25, 0.3) is 0 Å². The number of hydrogen-bond donors (Lipinski definition) is 1. The van der Waals surface area contributed by atoms with E-state index < -0.39 is 0 Å². The molecule has 1 saturated heterocycles. The third kappa shape index (κ3) is 3.67. The van der Waals surface area contributed by atoms with Gasteiger partial charge in [-0.2, -0.15) is 0 Å². The van der Waals surface area contributed by atoms with E-state index in [1.807, 2.05) is 5.01 Å². The van der Waals surface area contributed by atoms with Crippen molar-refractivity contribution in [3.63, 3.8) is 0 Å². The van der Waals surface area contributed by atoms with Crippen molar-refractivity contribution in [3.05, 3.63) is 29.8 Å². The van der Waals surface area contributed by atoms with Crippen LogP contribution in [0.2, 0.25) is 0 Å². The summed E-state index contributed by atoms with van der Waals surface area (Å²) in [5.41, 5.74) is 2.54. The third-order valence-corrected chi connectivity index (χ3v) is 4.81. The molecule has 2 aliphatic heterocycles. The van der Waals surface area contributed by atoms with E-state index in [0.29, 0.717) is 0 Å². The summed E-state index contributed by atoms with van der Waals surface area (Å²) >= 11 is 0. The van der Waals surface area contributed by atoms with Crippen LogP contribution in [-0.4, -0.2) is 62.6 Å². The Hall–Kier alpha value is -1.59. The van der Waals surface area contributed by atoms with E-state index in [2.05, 4.69) is 53.6 Å². The van der Waals surface area contributed by atoms with Crippen LogP contribution in [0.4, 0.5) is 5.69 Å². The van der Waals surface area contributed by atoms with Crippen LogP contribution in [0.5, 0.6) is 0 Å². The zero-order chi connectivity index (χ0) is 16.2. The molecule has 2 aliphatic rings. The fourth-order valence-electron chi connectivity index (χ4n) is 3.49. The molecule has 1 fully saturated rings. The molecule has 5 nitrogen and oxygen atoms in total. The van der Waals surface area contributed by atoms with Crippen molar-refractivity contribution in [2.24, 2.45) is 5.92 Å². The summed E-state index contributed by atoms with van der Waals surface area (Å²) in [7, 11) is 4.12. The first-order valence-electron chi connectivity index (χ1n) is 8.69. The van der Waals surface area contributed by atoms with Crippen molar-refractivity contribution in [2.45, 2.75) is 19.3 Å². The van der Waals surface area contributed by atoms with Crippen molar-refractivity contribution >= 4 is 11.6 Å². The van der Waals surface area contributed by atoms with Crippen LogP contribution < -0.4 is 10.3 Å². The SMILES string of the molecule is CN(C)CCN(C(=O)C1CCCNC1)N1CCc2ccccc21. The Kier molecular flexibility index (Phi) is 5.18. The summed E-state index contributed by atoms with van der Waals surface area (Å²) in [6.45, 7) is 4.38. The van der Waals surface area contributed by atoms with E-state index in [4.69, 9.17) is 0 Å². The van der Waals surface area contributed by atoms with Crippen molar-refractivity contribution < 1.29 is 4.79 Å². The highest BCUT2D eigenvalue weighted by atomic mass is 16.2. The van der Waals surface area contributed by atoms with Gasteiger partial charge in [-0.25, -0.2) is 0 Å². The number of piperidine rings is 1. The number of hydrogen-bond acceptors (Lipinski definition) is 4. The molecule has 0 radical (unpaired) electrons. The Morgan fingerprint density at radius 1 is 1.30 bits per heavy atom. The maximum Gasteiger partial charge on any atom is 0.245 e. The summed E-state index contributed by atoms with van der Waals surface area (Å²) in [4.78, 5) is 15.3. The Morgan fingerprint density at radius 3 is 2.87 bits per heavy atom. The Morgan fingerprint density at radius 2 is 2.13 bits per heavy atom. The summed E-state index contributed by atoms with van der Waals surface area (Å²) in [6.07, 6.45) is 3.11. The van der Waals surface area contributed by atoms with Crippen LogP contribution in [0.1, 0.15) is 18.4 Å². The fraction of sp³-hybridized carbons (Fsp3) is 0.611. The summed E-state index contributed by atoms with van der Waals surface area (Å²) in [5, 5.41) is 7.58. The molecule has 1 amide bonds. The Bertz CT molecular complexity index is 540. The summed E-state index contributed by atoms with van der Waals surface area (Å²) in [6, 6.07) is 8.46. The van der Waals surface area contributed by atoms with Gasteiger partial charge in [0, 0.05) is 19.6 Å². The highest BCUT2D eigenvalue weighted by Gasteiger charge is 2.32. The van der Waals surface area contributed by atoms with Gasteiger partial charge in [-0.15, -0.1) is 0 Å². The number of carbonyl (C=O) groups is 1. The molecule has 0 bridgehead atoms. The van der Waals surface area contributed by atoms with Crippen LogP contribution in [-0.2, 0) is 11.2 Å². The third-order valence-electron chi connectivity index (χ3n) is 4.81. The van der Waals surface area contributed by atoms with Crippen molar-refractivity contribution in [3.8, 4) is 0 Å². The molecule has 0 aliphatic carbocycles. The quantitative estimate of drug-likeness (QED) is 0.890. The molecular weight excluding hydrogens is 288 g/mol. The number of para-hydroxylation sites is 1.